The molecule has 28 heavy (non-hydrogen) atoms. The second-order valence-corrected chi connectivity index (χ2v) is 6.68. The van der Waals surface area contributed by atoms with Crippen molar-refractivity contribution in [3.05, 3.63) is 65.4 Å². The van der Waals surface area contributed by atoms with Crippen molar-refractivity contribution in [1.82, 2.24) is 9.78 Å². The summed E-state index contributed by atoms with van der Waals surface area (Å²) in [6.07, 6.45) is 3.14. The van der Waals surface area contributed by atoms with Crippen molar-refractivity contribution in [1.29, 1.82) is 0 Å². The third-order valence-electron chi connectivity index (χ3n) is 4.26. The highest BCUT2D eigenvalue weighted by Crippen LogP contribution is 2.31. The first-order chi connectivity index (χ1) is 13.6. The molecule has 144 valence electrons. The number of amides is 1. The molecule has 0 fully saturated rings. The highest BCUT2D eigenvalue weighted by molar-refractivity contribution is 6.31. The van der Waals surface area contributed by atoms with Gasteiger partial charge in [0.05, 0.1) is 31.1 Å². The molecule has 3 aromatic rings. The van der Waals surface area contributed by atoms with Crippen molar-refractivity contribution in [2.45, 2.75) is 12.6 Å². The number of nitrogens with one attached hydrogen (secondary N) is 1. The molecule has 1 N–H and O–H groups in total. The lowest BCUT2D eigenvalue weighted by Gasteiger charge is -2.26. The van der Waals surface area contributed by atoms with Crippen LogP contribution in [0.15, 0.2) is 54.9 Å². The van der Waals surface area contributed by atoms with Gasteiger partial charge in [0.25, 0.3) is 5.91 Å². The SMILES string of the molecule is COc1ccc(Cl)cc1C(=O)Nc1cnn(C[C@H]2COc3ccccc3O2)c1. The van der Waals surface area contributed by atoms with E-state index in [1.807, 2.05) is 24.3 Å². The van der Waals surface area contributed by atoms with E-state index < -0.39 is 0 Å². The van der Waals surface area contributed by atoms with Crippen molar-refractivity contribution >= 4 is 23.2 Å². The molecule has 1 aliphatic rings. The molecule has 1 aliphatic heterocycles. The molecule has 1 aromatic heterocycles. The Morgan fingerprint density at radius 3 is 2.96 bits per heavy atom. The number of para-hydroxylation sites is 2. The van der Waals surface area contributed by atoms with Gasteiger partial charge in [0.2, 0.25) is 0 Å². The number of hydrogen-bond donors (Lipinski definition) is 1. The number of fused-ring (bicyclic) bond motifs is 1. The highest BCUT2D eigenvalue weighted by atomic mass is 35.5. The van der Waals surface area contributed by atoms with E-state index in [1.165, 1.54) is 7.11 Å². The first-order valence-electron chi connectivity index (χ1n) is 8.68. The van der Waals surface area contributed by atoms with Crippen molar-refractivity contribution in [3.8, 4) is 17.2 Å². The molecule has 7 nitrogen and oxygen atoms in total. The van der Waals surface area contributed by atoms with Crippen LogP contribution in [0, 0.1) is 0 Å². The van der Waals surface area contributed by atoms with Gasteiger partial charge in [-0.15, -0.1) is 0 Å². The third-order valence-corrected chi connectivity index (χ3v) is 4.49. The van der Waals surface area contributed by atoms with Gasteiger partial charge in [0, 0.05) is 11.2 Å². The number of ether oxygens (including phenoxy) is 3. The van der Waals surface area contributed by atoms with E-state index in [2.05, 4.69) is 10.4 Å². The van der Waals surface area contributed by atoms with Crippen LogP contribution in [0.25, 0.3) is 0 Å². The Bertz CT molecular complexity index is 1000. The average molecular weight is 400 g/mol. The summed E-state index contributed by atoms with van der Waals surface area (Å²) in [4.78, 5) is 12.6. The number of hydrogen-bond acceptors (Lipinski definition) is 5. The van der Waals surface area contributed by atoms with Gasteiger partial charge >= 0.3 is 0 Å². The Morgan fingerprint density at radius 2 is 2.14 bits per heavy atom. The predicted octanol–water partition coefficient (Wildman–Crippen LogP) is 3.64. The van der Waals surface area contributed by atoms with Crippen molar-refractivity contribution in [3.63, 3.8) is 0 Å². The lowest BCUT2D eigenvalue weighted by molar-refractivity contribution is 0.0759. The fraction of sp³-hybridized carbons (Fsp3) is 0.200. The molecule has 0 unspecified atom stereocenters. The van der Waals surface area contributed by atoms with Crippen LogP contribution in [0.5, 0.6) is 17.2 Å². The maximum atomic E-state index is 12.6. The lowest BCUT2D eigenvalue weighted by atomic mass is 10.2. The van der Waals surface area contributed by atoms with Crippen LogP contribution < -0.4 is 19.5 Å². The Labute approximate surface area is 166 Å². The maximum absolute atomic E-state index is 12.6. The molecule has 2 heterocycles. The molecule has 4 rings (SSSR count). The molecule has 2 aromatic carbocycles. The summed E-state index contributed by atoms with van der Waals surface area (Å²) in [7, 11) is 1.50. The van der Waals surface area contributed by atoms with Crippen molar-refractivity contribution in [2.24, 2.45) is 0 Å². The maximum Gasteiger partial charge on any atom is 0.259 e. The summed E-state index contributed by atoms with van der Waals surface area (Å²) in [5, 5.41) is 7.54. The molecule has 0 spiro atoms. The molecule has 0 radical (unpaired) electrons. The molecule has 0 saturated carbocycles. The minimum absolute atomic E-state index is 0.175. The quantitative estimate of drug-likeness (QED) is 0.709. The van der Waals surface area contributed by atoms with Gasteiger partial charge < -0.3 is 19.5 Å². The summed E-state index contributed by atoms with van der Waals surface area (Å²) in [6, 6.07) is 12.4. The molecule has 1 amide bonds. The molecule has 0 saturated heterocycles. The van der Waals surface area contributed by atoms with Crippen molar-refractivity contribution in [2.75, 3.05) is 19.0 Å². The van der Waals surface area contributed by atoms with E-state index in [0.717, 1.165) is 5.75 Å². The molecular formula is C20H18ClN3O4. The van der Waals surface area contributed by atoms with Crippen LogP contribution >= 0.6 is 11.6 Å². The van der Waals surface area contributed by atoms with Gasteiger partial charge in [-0.3, -0.25) is 9.48 Å². The zero-order valence-electron chi connectivity index (χ0n) is 15.1. The van der Waals surface area contributed by atoms with Crippen LogP contribution in [-0.4, -0.2) is 35.5 Å². The van der Waals surface area contributed by atoms with Gasteiger partial charge in [0.15, 0.2) is 17.6 Å². The largest absolute Gasteiger partial charge is 0.496 e. The first-order valence-corrected chi connectivity index (χ1v) is 9.06. The topological polar surface area (TPSA) is 74.6 Å². The van der Waals surface area contributed by atoms with E-state index >= 15 is 0 Å². The molecule has 0 aliphatic carbocycles. The molecule has 8 heteroatoms. The summed E-state index contributed by atoms with van der Waals surface area (Å²) in [5.74, 6) is 1.57. The minimum atomic E-state index is -0.329. The molecule has 0 bridgehead atoms. The number of carbonyl (C=O) groups is 1. The van der Waals surface area contributed by atoms with Gasteiger partial charge in [-0.25, -0.2) is 0 Å². The van der Waals surface area contributed by atoms with Crippen LogP contribution in [0.1, 0.15) is 10.4 Å². The Morgan fingerprint density at radius 1 is 1.32 bits per heavy atom. The Balaban J connectivity index is 1.41. The van der Waals surface area contributed by atoms with Crippen molar-refractivity contribution < 1.29 is 19.0 Å². The monoisotopic (exact) mass is 399 g/mol. The van der Waals surface area contributed by atoms with Crippen LogP contribution in [0.4, 0.5) is 5.69 Å². The van der Waals surface area contributed by atoms with E-state index in [0.29, 0.717) is 40.9 Å². The van der Waals surface area contributed by atoms with Gasteiger partial charge in [-0.05, 0) is 30.3 Å². The van der Waals surface area contributed by atoms with Crippen LogP contribution in [-0.2, 0) is 6.54 Å². The first kappa shape index (κ1) is 18.2. The Kier molecular flexibility index (Phi) is 5.08. The fourth-order valence-electron chi connectivity index (χ4n) is 2.95. The summed E-state index contributed by atoms with van der Waals surface area (Å²) in [5.41, 5.74) is 0.910. The summed E-state index contributed by atoms with van der Waals surface area (Å²) < 4.78 is 18.6. The number of rotatable bonds is 5. The van der Waals surface area contributed by atoms with E-state index in [9.17, 15) is 4.79 Å². The molecular weight excluding hydrogens is 382 g/mol. The minimum Gasteiger partial charge on any atom is -0.496 e. The second-order valence-electron chi connectivity index (χ2n) is 6.25. The van der Waals surface area contributed by atoms with Crippen LogP contribution in [0.2, 0.25) is 5.02 Å². The second kappa shape index (κ2) is 7.82. The van der Waals surface area contributed by atoms with Gasteiger partial charge in [-0.2, -0.15) is 5.10 Å². The predicted molar refractivity (Wildman–Crippen MR) is 105 cm³/mol. The average Bonchev–Trinajstić information content (AvgIpc) is 3.14. The number of halogens is 1. The normalized spacial score (nSPS) is 15.1. The standard InChI is InChI=1S/C20H18ClN3O4/c1-26-17-7-6-13(21)8-16(17)20(25)23-14-9-22-24(10-14)11-15-12-27-18-4-2-3-5-19(18)28-15/h2-10,15H,11-12H2,1H3,(H,23,25)/t15-/m0/s1. The van der Waals surface area contributed by atoms with E-state index in [4.69, 9.17) is 25.8 Å². The van der Waals surface area contributed by atoms with E-state index in [-0.39, 0.29) is 12.0 Å². The number of methoxy groups -OCH3 is 1. The number of carbonyl (C=O) groups excluding carboxylic acids is 1. The zero-order chi connectivity index (χ0) is 19.5. The number of anilines is 1. The van der Waals surface area contributed by atoms with E-state index in [1.54, 1.807) is 35.3 Å². The third kappa shape index (κ3) is 3.89. The Hall–Kier alpha value is -3.19. The van der Waals surface area contributed by atoms with Crippen LogP contribution in [0.3, 0.4) is 0 Å². The smallest absolute Gasteiger partial charge is 0.259 e. The number of aromatic nitrogens is 2. The van der Waals surface area contributed by atoms with Gasteiger partial charge in [-0.1, -0.05) is 23.7 Å². The summed E-state index contributed by atoms with van der Waals surface area (Å²) in [6.45, 7) is 0.920. The zero-order valence-corrected chi connectivity index (χ0v) is 15.8. The fourth-order valence-corrected chi connectivity index (χ4v) is 3.12. The lowest BCUT2D eigenvalue weighted by Crippen LogP contribution is -2.33. The number of nitrogens with zero attached hydrogens (tertiary/aromatic N) is 2. The van der Waals surface area contributed by atoms with Gasteiger partial charge in [0.1, 0.15) is 12.4 Å². The highest BCUT2D eigenvalue weighted by Gasteiger charge is 2.21. The molecule has 1 atom stereocenters. The summed E-state index contributed by atoms with van der Waals surface area (Å²) >= 11 is 5.99. The number of benzene rings is 2.